The van der Waals surface area contributed by atoms with Gasteiger partial charge in [-0.3, -0.25) is 0 Å². The van der Waals surface area contributed by atoms with Gasteiger partial charge in [-0.1, -0.05) is 6.07 Å². The van der Waals surface area contributed by atoms with E-state index in [4.69, 9.17) is 9.97 Å². The first-order valence-electron chi connectivity index (χ1n) is 16.5. The monoisotopic (exact) mass is 609 g/mol. The summed E-state index contributed by atoms with van der Waals surface area (Å²) in [7, 11) is 0. The summed E-state index contributed by atoms with van der Waals surface area (Å²) < 4.78 is 6.90. The van der Waals surface area contributed by atoms with E-state index in [-0.39, 0.29) is 0 Å². The molecule has 0 N–H and O–H groups in total. The first-order chi connectivity index (χ1) is 22.0. The largest absolute Gasteiger partial charge is 0.319 e. The summed E-state index contributed by atoms with van der Waals surface area (Å²) >= 11 is 0. The molecule has 0 amide bonds. The fraction of sp³-hybridized carbons (Fsp3) is 0.317. The van der Waals surface area contributed by atoms with E-state index in [1.807, 2.05) is 0 Å². The van der Waals surface area contributed by atoms with Crippen LogP contribution in [0.1, 0.15) is 73.4 Å². The van der Waals surface area contributed by atoms with Gasteiger partial charge in [-0.15, -0.1) is 0 Å². The molecule has 5 heteroatoms. The van der Waals surface area contributed by atoms with Gasteiger partial charge in [0.2, 0.25) is 0 Å². The molecule has 6 rings (SSSR count). The van der Waals surface area contributed by atoms with E-state index in [1.54, 1.807) is 0 Å². The highest BCUT2D eigenvalue weighted by Crippen LogP contribution is 2.24. The number of aromatic nitrogens is 5. The molecule has 5 heterocycles. The van der Waals surface area contributed by atoms with Crippen molar-refractivity contribution in [2.75, 3.05) is 0 Å². The molecule has 0 bridgehead atoms. The fourth-order valence-electron chi connectivity index (χ4n) is 7.01. The maximum atomic E-state index is 5.15. The van der Waals surface area contributed by atoms with Gasteiger partial charge in [0.25, 0.3) is 0 Å². The zero-order valence-corrected chi connectivity index (χ0v) is 29.0. The Morgan fingerprint density at radius 2 is 0.891 bits per heavy atom. The Kier molecular flexibility index (Phi) is 8.61. The second kappa shape index (κ2) is 12.6. The summed E-state index contributed by atoms with van der Waals surface area (Å²) in [5.41, 5.74) is 17.4. The summed E-state index contributed by atoms with van der Waals surface area (Å²) in [6.07, 6.45) is 3.63. The van der Waals surface area contributed by atoms with Crippen LogP contribution >= 0.6 is 0 Å². The van der Waals surface area contributed by atoms with Gasteiger partial charge in [0.15, 0.2) is 0 Å². The van der Waals surface area contributed by atoms with Crippen molar-refractivity contribution in [3.8, 4) is 17.3 Å². The van der Waals surface area contributed by atoms with Gasteiger partial charge in [-0.2, -0.15) is 0 Å². The van der Waals surface area contributed by atoms with Crippen molar-refractivity contribution in [3.05, 3.63) is 146 Å². The van der Waals surface area contributed by atoms with Gasteiger partial charge < -0.3 is 13.7 Å². The number of aryl methyl sites for hydroxylation is 12. The van der Waals surface area contributed by atoms with Gasteiger partial charge in [-0.05, 0) is 183 Å². The second-order valence-electron chi connectivity index (χ2n) is 13.3. The molecule has 0 spiro atoms. The Labute approximate surface area is 274 Å². The van der Waals surface area contributed by atoms with Crippen molar-refractivity contribution in [3.63, 3.8) is 0 Å². The highest BCUT2D eigenvalue weighted by Gasteiger charge is 2.13. The van der Waals surface area contributed by atoms with Crippen LogP contribution in [0, 0.1) is 62.3 Å². The summed E-state index contributed by atoms with van der Waals surface area (Å²) in [5, 5.41) is 0. The van der Waals surface area contributed by atoms with Crippen molar-refractivity contribution < 1.29 is 0 Å². The number of hydrogen-bond donors (Lipinski definition) is 0. The molecule has 46 heavy (non-hydrogen) atoms. The van der Waals surface area contributed by atoms with Crippen LogP contribution in [-0.2, 0) is 25.7 Å². The van der Waals surface area contributed by atoms with Gasteiger partial charge in [0, 0.05) is 51.2 Å². The van der Waals surface area contributed by atoms with Crippen LogP contribution in [0.5, 0.6) is 0 Å². The zero-order valence-electron chi connectivity index (χ0n) is 29.0. The van der Waals surface area contributed by atoms with E-state index in [0.29, 0.717) is 0 Å². The van der Waals surface area contributed by atoms with Gasteiger partial charge in [-0.25, -0.2) is 9.97 Å². The Bertz CT molecular complexity index is 2010. The van der Waals surface area contributed by atoms with Crippen LogP contribution in [0.25, 0.3) is 17.3 Å². The van der Waals surface area contributed by atoms with E-state index in [9.17, 15) is 0 Å². The molecule has 0 radical (unpaired) electrons. The number of nitrogens with zero attached hydrogens (tertiary/aromatic N) is 5. The predicted octanol–water partition coefficient (Wildman–Crippen LogP) is 9.19. The Morgan fingerprint density at radius 1 is 0.435 bits per heavy atom. The van der Waals surface area contributed by atoms with E-state index in [1.165, 1.54) is 67.7 Å². The highest BCUT2D eigenvalue weighted by molar-refractivity contribution is 5.45. The molecule has 5 nitrogen and oxygen atoms in total. The number of rotatable bonds is 9. The summed E-state index contributed by atoms with van der Waals surface area (Å²) in [6, 6.07) is 27.0. The summed E-state index contributed by atoms with van der Waals surface area (Å²) in [5.74, 6) is 2.02. The van der Waals surface area contributed by atoms with E-state index < -0.39 is 0 Å². The molecule has 0 aliphatic heterocycles. The highest BCUT2D eigenvalue weighted by atomic mass is 15.1. The molecule has 0 atom stereocenters. The smallest absolute Gasteiger partial charge is 0.137 e. The Morgan fingerprint density at radius 3 is 1.35 bits per heavy atom. The van der Waals surface area contributed by atoms with Crippen molar-refractivity contribution >= 4 is 0 Å². The minimum atomic E-state index is 0.887. The third-order valence-electron chi connectivity index (χ3n) is 9.34. The van der Waals surface area contributed by atoms with E-state index >= 15 is 0 Å². The SMILES string of the molecule is Cc1cc(CCc2cc(CCc3cc(C)cc(-n4c(C)cc(C)c4C)n3)cc(-n3c(C)ccc3C)c2)nc(-n2c(C)ccc2C)c1. The zero-order chi connectivity index (χ0) is 32.7. The molecule has 0 aliphatic rings. The van der Waals surface area contributed by atoms with Gasteiger partial charge >= 0.3 is 0 Å². The van der Waals surface area contributed by atoms with Crippen LogP contribution in [0.4, 0.5) is 0 Å². The van der Waals surface area contributed by atoms with Crippen molar-refractivity contribution in [2.45, 2.75) is 88.0 Å². The molecule has 5 aromatic heterocycles. The fourth-order valence-corrected chi connectivity index (χ4v) is 7.01. The molecular formula is C41H47N5. The Balaban J connectivity index is 1.29. The lowest BCUT2D eigenvalue weighted by Gasteiger charge is -2.16. The van der Waals surface area contributed by atoms with Crippen LogP contribution in [0.3, 0.4) is 0 Å². The predicted molar refractivity (Wildman–Crippen MR) is 190 cm³/mol. The lowest BCUT2D eigenvalue weighted by atomic mass is 9.99. The van der Waals surface area contributed by atoms with Crippen LogP contribution < -0.4 is 0 Å². The molecule has 1 aromatic carbocycles. The summed E-state index contributed by atoms with van der Waals surface area (Å²) in [6.45, 7) is 19.5. The first-order valence-corrected chi connectivity index (χ1v) is 16.5. The standard InChI is InChI=1S/C41H47N5/c1-26-18-37(42-40(20-26)45-31(6)12-13-32(45)7)16-14-35-23-36(25-39(24-35)44-29(4)10-11-30(44)5)15-17-38-19-27(2)21-41(43-38)46-33(8)22-28(3)34(46)9/h10-13,18-25H,14-17H2,1-9H3. The molecule has 0 unspecified atom stereocenters. The summed E-state index contributed by atoms with van der Waals surface area (Å²) in [4.78, 5) is 10.3. The number of hydrogen-bond acceptors (Lipinski definition) is 2. The molecule has 0 saturated heterocycles. The van der Waals surface area contributed by atoms with E-state index in [0.717, 1.165) is 48.7 Å². The number of pyridine rings is 2. The molecular weight excluding hydrogens is 562 g/mol. The minimum Gasteiger partial charge on any atom is -0.319 e. The lowest BCUT2D eigenvalue weighted by Crippen LogP contribution is -2.07. The molecule has 0 saturated carbocycles. The molecule has 6 aromatic rings. The normalized spacial score (nSPS) is 11.5. The minimum absolute atomic E-state index is 0.887. The first kappa shape index (κ1) is 31.3. The third kappa shape index (κ3) is 6.37. The average molecular weight is 610 g/mol. The van der Waals surface area contributed by atoms with Crippen LogP contribution in [-0.4, -0.2) is 23.7 Å². The van der Waals surface area contributed by atoms with Gasteiger partial charge in [0.05, 0.1) is 0 Å². The molecule has 0 aliphatic carbocycles. The quantitative estimate of drug-likeness (QED) is 0.164. The average Bonchev–Trinajstić information content (AvgIpc) is 3.61. The molecule has 236 valence electrons. The maximum absolute atomic E-state index is 5.15. The van der Waals surface area contributed by atoms with E-state index in [2.05, 4.69) is 149 Å². The number of benzene rings is 1. The van der Waals surface area contributed by atoms with Crippen LogP contribution in [0.2, 0.25) is 0 Å². The van der Waals surface area contributed by atoms with Gasteiger partial charge in [0.1, 0.15) is 11.6 Å². The maximum Gasteiger partial charge on any atom is 0.137 e. The Hall–Kier alpha value is -4.64. The van der Waals surface area contributed by atoms with Crippen molar-refractivity contribution in [2.24, 2.45) is 0 Å². The second-order valence-corrected chi connectivity index (χ2v) is 13.3. The third-order valence-corrected chi connectivity index (χ3v) is 9.34. The topological polar surface area (TPSA) is 40.6 Å². The molecule has 0 fully saturated rings. The van der Waals surface area contributed by atoms with Crippen LogP contribution in [0.15, 0.2) is 72.8 Å². The lowest BCUT2D eigenvalue weighted by molar-refractivity contribution is 0.846. The van der Waals surface area contributed by atoms with Crippen molar-refractivity contribution in [1.29, 1.82) is 0 Å². The van der Waals surface area contributed by atoms with Crippen molar-refractivity contribution in [1.82, 2.24) is 23.7 Å².